The monoisotopic (exact) mass is 183 g/mol. The van der Waals surface area contributed by atoms with E-state index in [-0.39, 0.29) is 0 Å². The zero-order valence-electron chi connectivity index (χ0n) is 8.88. The minimum Gasteiger partial charge on any atom is -0.497 e. The molecule has 0 aliphatic carbocycles. The van der Waals surface area contributed by atoms with Crippen molar-refractivity contribution in [2.24, 2.45) is 0 Å². The van der Waals surface area contributed by atoms with Gasteiger partial charge in [-0.15, -0.1) is 0 Å². The molecular weight excluding hydrogens is 162 g/mol. The maximum atomic E-state index is 5.56. The Labute approximate surface area is 81.6 Å². The van der Waals surface area contributed by atoms with E-state index in [1.807, 2.05) is 6.92 Å². The van der Waals surface area contributed by atoms with Crippen molar-refractivity contribution < 1.29 is 4.74 Å². The van der Waals surface area contributed by atoms with Crippen molar-refractivity contribution in [3.8, 4) is 0 Å². The van der Waals surface area contributed by atoms with Gasteiger partial charge in [0, 0.05) is 6.54 Å². The molecule has 0 aromatic carbocycles. The van der Waals surface area contributed by atoms with Gasteiger partial charge in [0.15, 0.2) is 0 Å². The smallest absolute Gasteiger partial charge is 0.100 e. The van der Waals surface area contributed by atoms with Crippen molar-refractivity contribution in [1.29, 1.82) is 0 Å². The third-order valence-electron chi connectivity index (χ3n) is 2.43. The van der Waals surface area contributed by atoms with Crippen LogP contribution in [0.1, 0.15) is 33.1 Å². The third kappa shape index (κ3) is 4.32. The average Bonchev–Trinajstić information content (AvgIpc) is 2.57. The van der Waals surface area contributed by atoms with Crippen molar-refractivity contribution in [3.63, 3.8) is 0 Å². The first-order valence-electron chi connectivity index (χ1n) is 5.35. The summed E-state index contributed by atoms with van der Waals surface area (Å²) < 4.78 is 5.56. The minimum absolute atomic E-state index is 0.850. The molecule has 13 heavy (non-hydrogen) atoms. The quantitative estimate of drug-likeness (QED) is 0.607. The second kappa shape index (κ2) is 6.03. The van der Waals surface area contributed by atoms with Gasteiger partial charge in [-0.05, 0) is 45.4 Å². The number of ether oxygens (including phenoxy) is 1. The topological polar surface area (TPSA) is 12.5 Å². The number of likely N-dealkylation sites (tertiary alicyclic amines) is 1. The van der Waals surface area contributed by atoms with Crippen LogP contribution in [-0.2, 0) is 4.74 Å². The first-order valence-corrected chi connectivity index (χ1v) is 5.35. The molecule has 1 heterocycles. The Morgan fingerprint density at radius 1 is 1.38 bits per heavy atom. The van der Waals surface area contributed by atoms with Crippen LogP contribution in [0.4, 0.5) is 0 Å². The van der Waals surface area contributed by atoms with Crippen LogP contribution in [0.25, 0.3) is 0 Å². The fraction of sp³-hybridized carbons (Fsp3) is 0.818. The predicted octanol–water partition coefficient (Wildman–Crippen LogP) is 2.41. The molecule has 0 amide bonds. The van der Waals surface area contributed by atoms with Crippen LogP contribution in [-0.4, -0.2) is 31.1 Å². The SMILES string of the molecule is CC/C=C(\C)OCCN1CCCC1. The van der Waals surface area contributed by atoms with E-state index >= 15 is 0 Å². The highest BCUT2D eigenvalue weighted by molar-refractivity contribution is 4.87. The van der Waals surface area contributed by atoms with Gasteiger partial charge in [0.25, 0.3) is 0 Å². The van der Waals surface area contributed by atoms with Gasteiger partial charge in [0.2, 0.25) is 0 Å². The first-order chi connectivity index (χ1) is 6.33. The number of hydrogen-bond acceptors (Lipinski definition) is 2. The van der Waals surface area contributed by atoms with Crippen molar-refractivity contribution in [2.45, 2.75) is 33.1 Å². The summed E-state index contributed by atoms with van der Waals surface area (Å²) in [6.07, 6.45) is 5.92. The lowest BCUT2D eigenvalue weighted by Crippen LogP contribution is -2.23. The molecule has 1 rings (SSSR count). The van der Waals surface area contributed by atoms with Gasteiger partial charge in [0.05, 0.1) is 5.76 Å². The molecule has 0 saturated carbocycles. The van der Waals surface area contributed by atoms with Crippen LogP contribution in [0.2, 0.25) is 0 Å². The number of nitrogens with zero attached hydrogens (tertiary/aromatic N) is 1. The fourth-order valence-electron chi connectivity index (χ4n) is 1.69. The molecule has 0 aromatic rings. The summed E-state index contributed by atoms with van der Waals surface area (Å²) in [6, 6.07) is 0. The van der Waals surface area contributed by atoms with E-state index in [0.717, 1.165) is 25.3 Å². The summed E-state index contributed by atoms with van der Waals surface area (Å²) >= 11 is 0. The van der Waals surface area contributed by atoms with Gasteiger partial charge in [-0.1, -0.05) is 6.92 Å². The van der Waals surface area contributed by atoms with E-state index in [2.05, 4.69) is 17.9 Å². The summed E-state index contributed by atoms with van der Waals surface area (Å²) in [5, 5.41) is 0. The average molecular weight is 183 g/mol. The number of rotatable bonds is 5. The molecular formula is C11H21NO. The minimum atomic E-state index is 0.850. The molecule has 0 bridgehead atoms. The molecule has 0 spiro atoms. The van der Waals surface area contributed by atoms with Crippen LogP contribution in [0, 0.1) is 0 Å². The van der Waals surface area contributed by atoms with Crippen LogP contribution >= 0.6 is 0 Å². The van der Waals surface area contributed by atoms with Crippen LogP contribution < -0.4 is 0 Å². The summed E-state index contributed by atoms with van der Waals surface area (Å²) in [6.45, 7) is 8.64. The maximum Gasteiger partial charge on any atom is 0.100 e. The van der Waals surface area contributed by atoms with Crippen molar-refractivity contribution in [2.75, 3.05) is 26.2 Å². The van der Waals surface area contributed by atoms with E-state index in [0.29, 0.717) is 0 Å². The van der Waals surface area contributed by atoms with Crippen LogP contribution in [0.5, 0.6) is 0 Å². The van der Waals surface area contributed by atoms with Crippen molar-refractivity contribution in [3.05, 3.63) is 11.8 Å². The van der Waals surface area contributed by atoms with E-state index in [1.165, 1.54) is 25.9 Å². The van der Waals surface area contributed by atoms with E-state index in [9.17, 15) is 0 Å². The first kappa shape index (κ1) is 10.6. The molecule has 0 N–H and O–H groups in total. The normalized spacial score (nSPS) is 19.4. The largest absolute Gasteiger partial charge is 0.497 e. The molecule has 1 aliphatic heterocycles. The van der Waals surface area contributed by atoms with Crippen molar-refractivity contribution in [1.82, 2.24) is 4.90 Å². The Balaban J connectivity index is 2.02. The molecule has 1 aliphatic rings. The molecule has 0 atom stereocenters. The molecule has 1 fully saturated rings. The summed E-state index contributed by atoms with van der Waals surface area (Å²) in [5.41, 5.74) is 0. The van der Waals surface area contributed by atoms with Gasteiger partial charge < -0.3 is 4.74 Å². The summed E-state index contributed by atoms with van der Waals surface area (Å²) in [5.74, 6) is 1.07. The highest BCUT2D eigenvalue weighted by atomic mass is 16.5. The molecule has 0 aromatic heterocycles. The predicted molar refractivity (Wildman–Crippen MR) is 55.7 cm³/mol. The lowest BCUT2D eigenvalue weighted by atomic mass is 10.4. The highest BCUT2D eigenvalue weighted by Gasteiger charge is 2.10. The molecule has 2 nitrogen and oxygen atoms in total. The number of hydrogen-bond donors (Lipinski definition) is 0. The second-order valence-electron chi connectivity index (χ2n) is 3.62. The Kier molecular flexibility index (Phi) is 4.91. The van der Waals surface area contributed by atoms with Gasteiger partial charge >= 0.3 is 0 Å². The lowest BCUT2D eigenvalue weighted by Gasteiger charge is -2.14. The zero-order valence-corrected chi connectivity index (χ0v) is 8.88. The zero-order chi connectivity index (χ0) is 9.52. The fourth-order valence-corrected chi connectivity index (χ4v) is 1.69. The maximum absolute atomic E-state index is 5.56. The lowest BCUT2D eigenvalue weighted by molar-refractivity contribution is 0.172. The second-order valence-corrected chi connectivity index (χ2v) is 3.62. The standard InChI is InChI=1S/C11H21NO/c1-3-6-11(2)13-10-9-12-7-4-5-8-12/h6H,3-5,7-10H2,1-2H3/b11-6+. The van der Waals surface area contributed by atoms with Gasteiger partial charge in [-0.2, -0.15) is 0 Å². The van der Waals surface area contributed by atoms with Gasteiger partial charge in [-0.3, -0.25) is 4.90 Å². The molecule has 0 unspecified atom stereocenters. The Hall–Kier alpha value is -0.500. The Bertz CT molecular complexity index is 159. The molecule has 76 valence electrons. The Morgan fingerprint density at radius 2 is 2.08 bits per heavy atom. The summed E-state index contributed by atoms with van der Waals surface area (Å²) in [7, 11) is 0. The van der Waals surface area contributed by atoms with Crippen molar-refractivity contribution >= 4 is 0 Å². The number of allylic oxidation sites excluding steroid dienone is 2. The Morgan fingerprint density at radius 3 is 2.69 bits per heavy atom. The molecule has 2 heteroatoms. The van der Waals surface area contributed by atoms with E-state index in [4.69, 9.17) is 4.74 Å². The van der Waals surface area contributed by atoms with Gasteiger partial charge in [-0.25, -0.2) is 0 Å². The molecule has 0 radical (unpaired) electrons. The van der Waals surface area contributed by atoms with Gasteiger partial charge in [0.1, 0.15) is 6.61 Å². The highest BCUT2D eigenvalue weighted by Crippen LogP contribution is 2.06. The molecule has 1 saturated heterocycles. The van der Waals surface area contributed by atoms with Crippen LogP contribution in [0.3, 0.4) is 0 Å². The third-order valence-corrected chi connectivity index (χ3v) is 2.43. The van der Waals surface area contributed by atoms with E-state index < -0.39 is 0 Å². The summed E-state index contributed by atoms with van der Waals surface area (Å²) in [4.78, 5) is 2.47. The van der Waals surface area contributed by atoms with Crippen LogP contribution in [0.15, 0.2) is 11.8 Å². The van der Waals surface area contributed by atoms with E-state index in [1.54, 1.807) is 0 Å².